The molecule has 3 heteroatoms. The van der Waals surface area contributed by atoms with Crippen LogP contribution in [0, 0.1) is 55.4 Å². The quantitative estimate of drug-likeness (QED) is 0.148. The summed E-state index contributed by atoms with van der Waals surface area (Å²) < 4.78 is 0. The summed E-state index contributed by atoms with van der Waals surface area (Å²) in [4.78, 5) is 10.9. The number of anilines is 3. The van der Waals surface area contributed by atoms with Crippen molar-refractivity contribution in [3.05, 3.63) is 350 Å². The fourth-order valence-corrected chi connectivity index (χ4v) is 19.9. The Morgan fingerprint density at radius 3 is 1.30 bits per heavy atom. The number of benzene rings is 15. The maximum atomic E-state index is 4.13. The number of aromatic amines is 2. The summed E-state index contributed by atoms with van der Waals surface area (Å²) in [6.45, 7) is 19.4. The minimum absolute atomic E-state index is 0.693. The van der Waals surface area contributed by atoms with Gasteiger partial charge in [-0.25, -0.2) is 0 Å². The van der Waals surface area contributed by atoms with Crippen LogP contribution in [-0.4, -0.2) is 9.97 Å². The molecule has 2 aromatic heterocycles. The number of rotatable bonds is 9. The summed E-state index contributed by atoms with van der Waals surface area (Å²) in [7, 11) is 0. The van der Waals surface area contributed by atoms with Gasteiger partial charge < -0.3 is 14.9 Å². The van der Waals surface area contributed by atoms with Crippen LogP contribution >= 0.6 is 0 Å². The highest BCUT2D eigenvalue weighted by Gasteiger charge is 2.42. The normalized spacial score (nSPS) is 12.8. The van der Waals surface area contributed by atoms with Crippen LogP contribution in [-0.2, 0) is 25.7 Å². The molecule has 0 radical (unpaired) electrons. The first kappa shape index (κ1) is 61.4. The Morgan fingerprint density at radius 2 is 0.667 bits per heavy atom. The Morgan fingerprint density at radius 1 is 0.238 bits per heavy atom. The van der Waals surface area contributed by atoms with E-state index in [1.807, 2.05) is 0 Å². The van der Waals surface area contributed by atoms with Crippen LogP contribution in [0.15, 0.2) is 261 Å². The van der Waals surface area contributed by atoms with Crippen LogP contribution in [0.1, 0.15) is 89.0 Å². The first-order chi connectivity index (χ1) is 51.5. The number of nitrogens with zero attached hydrogens (tertiary/aromatic N) is 1. The summed E-state index contributed by atoms with van der Waals surface area (Å²) in [6, 6.07) is 99.3. The molecule has 0 spiro atoms. The fraction of sp³-hybridized carbons (Fsp3) is 0.118. The number of para-hydroxylation sites is 5. The second-order valence-corrected chi connectivity index (χ2v) is 30.4. The molecule has 0 bridgehead atoms. The lowest BCUT2D eigenvalue weighted by molar-refractivity contribution is 1.12. The van der Waals surface area contributed by atoms with Gasteiger partial charge in [0.25, 0.3) is 0 Å². The second-order valence-electron chi connectivity index (χ2n) is 30.4. The van der Waals surface area contributed by atoms with E-state index in [2.05, 4.69) is 331 Å². The minimum atomic E-state index is 0.693. The maximum absolute atomic E-state index is 4.13. The van der Waals surface area contributed by atoms with Crippen molar-refractivity contribution in [3.63, 3.8) is 0 Å². The van der Waals surface area contributed by atoms with Crippen molar-refractivity contribution in [2.75, 3.05) is 4.90 Å². The van der Waals surface area contributed by atoms with E-state index in [0.717, 1.165) is 35.8 Å². The predicted octanol–water partition coefficient (Wildman–Crippen LogP) is 27.2. The first-order valence-electron chi connectivity index (χ1n) is 37.5. The van der Waals surface area contributed by atoms with Crippen molar-refractivity contribution in [1.82, 2.24) is 9.97 Å². The monoisotopic (exact) mass is 1340 g/mol. The SMILES string of the molecule is Cc1cc2c(c(-c3c(-c4ccccc4)cc4c(c3-c3c(C)c(C)c(-c5cccc6c5[nH]c5ccccc56)c5c3Cc3ccccc3-5)-c3c(c(N(c5ccccc5-c5ccccc5)c5c(C)c(C)cc6c5Cc5ccccc5-6)c(C)c(C)c3-c3cccc5c3[nH]c3ccccc35)C4)c1C)Cc1ccccc1-2. The second kappa shape index (κ2) is 23.1. The topological polar surface area (TPSA) is 34.8 Å². The molecule has 0 amide bonds. The summed E-state index contributed by atoms with van der Waals surface area (Å²) in [5.41, 5.74) is 55.6. The average Bonchev–Trinajstić information content (AvgIpc) is 1.57. The van der Waals surface area contributed by atoms with Gasteiger partial charge in [0.15, 0.2) is 0 Å². The van der Waals surface area contributed by atoms with E-state index in [1.165, 1.54) is 244 Å². The molecule has 0 saturated heterocycles. The molecule has 15 aromatic carbocycles. The number of hydrogen-bond acceptors (Lipinski definition) is 1. The van der Waals surface area contributed by atoms with Gasteiger partial charge in [-0.15, -0.1) is 0 Å². The van der Waals surface area contributed by atoms with Crippen molar-refractivity contribution < 1.29 is 0 Å². The summed E-state index contributed by atoms with van der Waals surface area (Å²) in [5.74, 6) is 0. The van der Waals surface area contributed by atoms with Crippen LogP contribution in [0.3, 0.4) is 0 Å². The van der Waals surface area contributed by atoms with Gasteiger partial charge in [0.05, 0.1) is 28.1 Å². The number of fused-ring (bicyclic) bond motifs is 18. The number of nitrogens with one attached hydrogen (secondary N) is 2. The van der Waals surface area contributed by atoms with Gasteiger partial charge >= 0.3 is 0 Å². The fourth-order valence-electron chi connectivity index (χ4n) is 19.9. The lowest BCUT2D eigenvalue weighted by atomic mass is 9.73. The van der Waals surface area contributed by atoms with Gasteiger partial charge in [-0.3, -0.25) is 0 Å². The number of H-pyrrole nitrogens is 2. The number of aromatic nitrogens is 2. The van der Waals surface area contributed by atoms with Crippen molar-refractivity contribution in [3.8, 4) is 111 Å². The lowest BCUT2D eigenvalue weighted by Gasteiger charge is -2.36. The molecule has 2 heterocycles. The van der Waals surface area contributed by atoms with Crippen molar-refractivity contribution >= 4 is 60.7 Å². The third kappa shape index (κ3) is 8.79. The van der Waals surface area contributed by atoms with Crippen LogP contribution in [0.5, 0.6) is 0 Å². The van der Waals surface area contributed by atoms with E-state index in [0.29, 0.717) is 6.42 Å². The molecule has 0 saturated carbocycles. The Hall–Kier alpha value is -12.3. The van der Waals surface area contributed by atoms with E-state index >= 15 is 0 Å². The third-order valence-corrected chi connectivity index (χ3v) is 25.1. The predicted molar refractivity (Wildman–Crippen MR) is 443 cm³/mol. The van der Waals surface area contributed by atoms with Crippen molar-refractivity contribution in [2.45, 2.75) is 81.1 Å². The molecule has 0 fully saturated rings. The number of hydrogen-bond donors (Lipinski definition) is 2. The summed E-state index contributed by atoms with van der Waals surface area (Å²) in [6.07, 6.45) is 3.16. The molecule has 0 aliphatic heterocycles. The van der Waals surface area contributed by atoms with E-state index in [-0.39, 0.29) is 0 Å². The van der Waals surface area contributed by atoms with Gasteiger partial charge in [-0.05, 0) is 276 Å². The zero-order valence-corrected chi connectivity index (χ0v) is 60.6. The highest BCUT2D eigenvalue weighted by Crippen LogP contribution is 2.64. The molecule has 21 rings (SSSR count). The number of aryl methyl sites for hydroxylation is 2. The van der Waals surface area contributed by atoms with Crippen LogP contribution in [0.4, 0.5) is 17.1 Å². The zero-order valence-electron chi connectivity index (χ0n) is 60.6. The molecule has 17 aromatic rings. The largest absolute Gasteiger partial charge is 0.354 e. The zero-order chi connectivity index (χ0) is 70.4. The van der Waals surface area contributed by atoms with E-state index in [9.17, 15) is 0 Å². The van der Waals surface area contributed by atoms with E-state index < -0.39 is 0 Å². The smallest absolute Gasteiger partial charge is 0.0544 e. The Labute approximate surface area is 613 Å². The molecule has 0 atom stereocenters. The molecule has 4 aliphatic carbocycles. The Kier molecular flexibility index (Phi) is 13.5. The van der Waals surface area contributed by atoms with E-state index in [4.69, 9.17) is 0 Å². The minimum Gasteiger partial charge on any atom is -0.354 e. The molecule has 2 N–H and O–H groups in total. The lowest BCUT2D eigenvalue weighted by Crippen LogP contribution is -2.19. The molecule has 105 heavy (non-hydrogen) atoms. The molecule has 500 valence electrons. The van der Waals surface area contributed by atoms with Crippen LogP contribution < -0.4 is 4.90 Å². The highest BCUT2D eigenvalue weighted by molar-refractivity contribution is 6.20. The highest BCUT2D eigenvalue weighted by atomic mass is 15.2. The molecule has 3 nitrogen and oxygen atoms in total. The molecule has 4 aliphatic rings. The van der Waals surface area contributed by atoms with Crippen LogP contribution in [0.25, 0.3) is 155 Å². The Bertz CT molecular complexity index is 6660. The van der Waals surface area contributed by atoms with E-state index in [1.54, 1.807) is 0 Å². The molecule has 0 unspecified atom stereocenters. The van der Waals surface area contributed by atoms with Gasteiger partial charge in [-0.1, -0.05) is 237 Å². The summed E-state index contributed by atoms with van der Waals surface area (Å²) in [5, 5.41) is 4.95. The molecular formula is C102H77N3. The van der Waals surface area contributed by atoms with Crippen molar-refractivity contribution in [1.29, 1.82) is 0 Å². The van der Waals surface area contributed by atoms with Crippen LogP contribution in [0.2, 0.25) is 0 Å². The standard InChI is InChI=1S/C102H77N3/c1-56-49-81-70-36-18-15-33-66(70)51-83(81)90(58(56)3)96-80(65-31-13-10-14-32-65)54-69-55-86-97(94(69)98(96)93-61(6)60(5)91(95-73-39-20-17-35-68(73)53-85(93)95)78-44-27-42-76-74-40-21-24-46-87(74)103-99(76)78)92(79-45-28-43-77-75-41-22-25-47-88(75)104-100(77)79)62(7)63(8)102(86)105(89-48-26-23-38-72(89)64-29-11-9-12-30-64)101-59(4)57(2)50-82-71-37-19-16-34-67(71)52-84(82)101/h9-50,54,103-104H,51-53,55H2,1-8H3. The van der Waals surface area contributed by atoms with Gasteiger partial charge in [0.1, 0.15) is 0 Å². The van der Waals surface area contributed by atoms with Gasteiger partial charge in [-0.2, -0.15) is 0 Å². The third-order valence-electron chi connectivity index (χ3n) is 25.1. The van der Waals surface area contributed by atoms with Gasteiger partial charge in [0.2, 0.25) is 0 Å². The molecular weight excluding hydrogens is 1270 g/mol. The Balaban J connectivity index is 0.981. The summed E-state index contributed by atoms with van der Waals surface area (Å²) >= 11 is 0. The van der Waals surface area contributed by atoms with Crippen molar-refractivity contribution in [2.24, 2.45) is 0 Å². The maximum Gasteiger partial charge on any atom is 0.0544 e. The van der Waals surface area contributed by atoms with Gasteiger partial charge in [0, 0.05) is 62.1 Å². The average molecular weight is 1340 g/mol. The first-order valence-corrected chi connectivity index (χ1v) is 37.5.